The standard InChI is InChI=1S/C21H26N2OS/c1-15-4-2-3-5-16(15)8-11-22-20(24)14-23-12-9-19-18(10-13-25-19)21(23)17-6-7-17/h2-5,10,13,17,21H,6-9,11-12,14H2,1H3,(H,22,24)/p+1/t21-/m1/s1. The molecule has 1 saturated carbocycles. The highest BCUT2D eigenvalue weighted by Crippen LogP contribution is 2.42. The van der Waals surface area contributed by atoms with E-state index >= 15 is 0 Å². The molecular formula is C21H27N2OS+. The number of nitrogens with one attached hydrogen (secondary N) is 2. The molecular weight excluding hydrogens is 328 g/mol. The molecule has 132 valence electrons. The van der Waals surface area contributed by atoms with Gasteiger partial charge < -0.3 is 10.2 Å². The molecule has 25 heavy (non-hydrogen) atoms. The zero-order valence-electron chi connectivity index (χ0n) is 14.9. The van der Waals surface area contributed by atoms with Crippen molar-refractivity contribution in [2.24, 2.45) is 5.92 Å². The molecule has 0 bridgehead atoms. The Morgan fingerprint density at radius 2 is 2.12 bits per heavy atom. The van der Waals surface area contributed by atoms with Crippen LogP contribution in [0.4, 0.5) is 0 Å². The summed E-state index contributed by atoms with van der Waals surface area (Å²) in [7, 11) is 0. The zero-order chi connectivity index (χ0) is 17.2. The van der Waals surface area contributed by atoms with Gasteiger partial charge in [0.25, 0.3) is 5.91 Å². The van der Waals surface area contributed by atoms with Gasteiger partial charge in [0.2, 0.25) is 0 Å². The first-order chi connectivity index (χ1) is 12.2. The molecule has 4 rings (SSSR count). The SMILES string of the molecule is Cc1ccccc1CCNC(=O)C[NH+]1CCc2sccc2[C@H]1C1CC1. The predicted octanol–water partition coefficient (Wildman–Crippen LogP) is 2.31. The van der Waals surface area contributed by atoms with Crippen LogP contribution in [-0.4, -0.2) is 25.5 Å². The number of benzene rings is 1. The second-order valence-electron chi connectivity index (χ2n) is 7.48. The number of carbonyl (C=O) groups is 1. The number of amides is 1. The Hall–Kier alpha value is -1.65. The normalized spacial score (nSPS) is 22.4. The number of hydrogen-bond donors (Lipinski definition) is 2. The molecule has 3 nitrogen and oxygen atoms in total. The number of carbonyl (C=O) groups excluding carboxylic acids is 1. The monoisotopic (exact) mass is 355 g/mol. The van der Waals surface area contributed by atoms with Crippen molar-refractivity contribution >= 4 is 17.2 Å². The Balaban J connectivity index is 1.32. The summed E-state index contributed by atoms with van der Waals surface area (Å²) in [5.74, 6) is 0.997. The number of quaternary nitrogens is 1. The molecule has 1 unspecified atom stereocenters. The first-order valence-electron chi connectivity index (χ1n) is 9.44. The van der Waals surface area contributed by atoms with Crippen LogP contribution in [0.5, 0.6) is 0 Å². The molecule has 0 saturated heterocycles. The molecule has 2 aromatic rings. The Morgan fingerprint density at radius 3 is 2.92 bits per heavy atom. The smallest absolute Gasteiger partial charge is 0.275 e. The van der Waals surface area contributed by atoms with Gasteiger partial charge in [0.05, 0.1) is 6.54 Å². The minimum Gasteiger partial charge on any atom is -0.351 e. The zero-order valence-corrected chi connectivity index (χ0v) is 15.7. The van der Waals surface area contributed by atoms with Gasteiger partial charge in [0.15, 0.2) is 6.54 Å². The molecule has 2 atom stereocenters. The van der Waals surface area contributed by atoms with Crippen molar-refractivity contribution < 1.29 is 9.69 Å². The van der Waals surface area contributed by atoms with Crippen LogP contribution in [0.2, 0.25) is 0 Å². The summed E-state index contributed by atoms with van der Waals surface area (Å²) in [6.07, 6.45) is 4.70. The maximum Gasteiger partial charge on any atom is 0.275 e. The molecule has 2 aliphatic rings. The van der Waals surface area contributed by atoms with Gasteiger partial charge in [0.1, 0.15) is 6.04 Å². The van der Waals surface area contributed by atoms with Crippen molar-refractivity contribution in [1.82, 2.24) is 5.32 Å². The fourth-order valence-corrected chi connectivity index (χ4v) is 5.12. The van der Waals surface area contributed by atoms with E-state index in [1.807, 2.05) is 11.3 Å². The van der Waals surface area contributed by atoms with Crippen LogP contribution >= 0.6 is 11.3 Å². The molecule has 4 heteroatoms. The number of hydrogen-bond acceptors (Lipinski definition) is 2. The predicted molar refractivity (Wildman–Crippen MR) is 102 cm³/mol. The third-order valence-corrected chi connectivity index (χ3v) is 6.68. The van der Waals surface area contributed by atoms with E-state index in [0.717, 1.165) is 31.8 Å². The van der Waals surface area contributed by atoms with Crippen molar-refractivity contribution in [3.8, 4) is 0 Å². The average Bonchev–Trinajstić information content (AvgIpc) is 3.32. The summed E-state index contributed by atoms with van der Waals surface area (Å²) in [5, 5.41) is 5.37. The number of aryl methyl sites for hydroxylation is 1. The molecule has 1 aliphatic heterocycles. The van der Waals surface area contributed by atoms with E-state index in [9.17, 15) is 4.79 Å². The summed E-state index contributed by atoms with van der Waals surface area (Å²) in [6, 6.07) is 11.3. The molecule has 1 aromatic heterocycles. The molecule has 1 aliphatic carbocycles. The van der Waals surface area contributed by atoms with Crippen molar-refractivity contribution in [3.05, 3.63) is 57.3 Å². The highest BCUT2D eigenvalue weighted by molar-refractivity contribution is 7.10. The molecule has 1 aromatic carbocycles. The highest BCUT2D eigenvalue weighted by Gasteiger charge is 2.43. The summed E-state index contributed by atoms with van der Waals surface area (Å²) in [6.45, 7) is 4.58. The van der Waals surface area contributed by atoms with Crippen LogP contribution in [0, 0.1) is 12.8 Å². The number of rotatable bonds is 6. The van der Waals surface area contributed by atoms with Crippen LogP contribution in [-0.2, 0) is 17.6 Å². The van der Waals surface area contributed by atoms with Crippen molar-refractivity contribution in [2.45, 2.75) is 38.6 Å². The van der Waals surface area contributed by atoms with Crippen molar-refractivity contribution in [1.29, 1.82) is 0 Å². The fourth-order valence-electron chi connectivity index (χ4n) is 4.19. The minimum absolute atomic E-state index is 0.202. The summed E-state index contributed by atoms with van der Waals surface area (Å²) in [4.78, 5) is 15.5. The second kappa shape index (κ2) is 7.30. The van der Waals surface area contributed by atoms with Gasteiger partial charge in [-0.15, -0.1) is 11.3 Å². The Kier molecular flexibility index (Phi) is 4.91. The van der Waals surface area contributed by atoms with Crippen LogP contribution in [0.25, 0.3) is 0 Å². The lowest BCUT2D eigenvalue weighted by Gasteiger charge is -2.32. The van der Waals surface area contributed by atoms with E-state index in [1.54, 1.807) is 4.88 Å². The number of fused-ring (bicyclic) bond motifs is 1. The second-order valence-corrected chi connectivity index (χ2v) is 8.48. The van der Waals surface area contributed by atoms with E-state index in [0.29, 0.717) is 12.6 Å². The molecule has 0 radical (unpaired) electrons. The summed E-state index contributed by atoms with van der Waals surface area (Å²) < 4.78 is 0. The van der Waals surface area contributed by atoms with Gasteiger partial charge in [-0.2, -0.15) is 0 Å². The molecule has 0 spiro atoms. The lowest BCUT2D eigenvalue weighted by atomic mass is 9.96. The fraction of sp³-hybridized carbons (Fsp3) is 0.476. The molecule has 1 amide bonds. The molecule has 2 heterocycles. The van der Waals surface area contributed by atoms with Crippen molar-refractivity contribution in [3.63, 3.8) is 0 Å². The van der Waals surface area contributed by atoms with Gasteiger partial charge in [0, 0.05) is 29.3 Å². The Labute approximate surface area is 154 Å². The first-order valence-corrected chi connectivity index (χ1v) is 10.3. The molecule has 2 N–H and O–H groups in total. The van der Waals surface area contributed by atoms with E-state index < -0.39 is 0 Å². The van der Waals surface area contributed by atoms with E-state index in [1.165, 1.54) is 34.4 Å². The third kappa shape index (κ3) is 3.80. The van der Waals surface area contributed by atoms with Crippen molar-refractivity contribution in [2.75, 3.05) is 19.6 Å². The van der Waals surface area contributed by atoms with Gasteiger partial charge in [-0.1, -0.05) is 24.3 Å². The minimum atomic E-state index is 0.202. The lowest BCUT2D eigenvalue weighted by molar-refractivity contribution is -0.928. The van der Waals surface area contributed by atoms with Gasteiger partial charge >= 0.3 is 0 Å². The number of thiophene rings is 1. The van der Waals surface area contributed by atoms with Crippen LogP contribution in [0.15, 0.2) is 35.7 Å². The highest BCUT2D eigenvalue weighted by atomic mass is 32.1. The van der Waals surface area contributed by atoms with E-state index in [-0.39, 0.29) is 5.91 Å². The summed E-state index contributed by atoms with van der Waals surface area (Å²) in [5.41, 5.74) is 4.16. The topological polar surface area (TPSA) is 33.5 Å². The lowest BCUT2D eigenvalue weighted by Crippen LogP contribution is -3.14. The largest absolute Gasteiger partial charge is 0.351 e. The summed E-state index contributed by atoms with van der Waals surface area (Å²) >= 11 is 1.89. The Morgan fingerprint density at radius 1 is 1.28 bits per heavy atom. The Bertz CT molecular complexity index is 750. The van der Waals surface area contributed by atoms with Gasteiger partial charge in [-0.25, -0.2) is 0 Å². The quantitative estimate of drug-likeness (QED) is 0.819. The van der Waals surface area contributed by atoms with Crippen LogP contribution in [0.1, 0.15) is 40.5 Å². The van der Waals surface area contributed by atoms with Gasteiger partial charge in [-0.05, 0) is 48.8 Å². The van der Waals surface area contributed by atoms with Gasteiger partial charge in [-0.3, -0.25) is 4.79 Å². The maximum atomic E-state index is 12.5. The van der Waals surface area contributed by atoms with E-state index in [2.05, 4.69) is 48.0 Å². The third-order valence-electron chi connectivity index (χ3n) is 5.69. The van der Waals surface area contributed by atoms with E-state index in [4.69, 9.17) is 0 Å². The van der Waals surface area contributed by atoms with Crippen LogP contribution in [0.3, 0.4) is 0 Å². The average molecular weight is 356 g/mol. The molecule has 1 fully saturated rings. The first kappa shape index (κ1) is 16.8. The maximum absolute atomic E-state index is 12.5. The van der Waals surface area contributed by atoms with Crippen LogP contribution < -0.4 is 10.2 Å².